The molecule has 0 spiro atoms. The first-order valence-corrected chi connectivity index (χ1v) is 7.51. The van der Waals surface area contributed by atoms with Crippen LogP contribution in [0.3, 0.4) is 0 Å². The van der Waals surface area contributed by atoms with Gasteiger partial charge in [0.05, 0.1) is 5.69 Å². The number of nitrogens with zero attached hydrogens (tertiary/aromatic N) is 3. The zero-order valence-corrected chi connectivity index (χ0v) is 12.9. The van der Waals surface area contributed by atoms with E-state index in [1.807, 2.05) is 6.20 Å². The molecule has 1 aromatic rings. The Kier molecular flexibility index (Phi) is 5.15. The van der Waals surface area contributed by atoms with Crippen molar-refractivity contribution in [1.82, 2.24) is 14.8 Å². The lowest BCUT2D eigenvalue weighted by Gasteiger charge is -2.36. The number of likely N-dealkylation sites (tertiary alicyclic amines) is 1. The maximum Gasteiger partial charge on any atom is 0.0544 e. The maximum absolute atomic E-state index is 4.45. The summed E-state index contributed by atoms with van der Waals surface area (Å²) in [6.45, 7) is 6.85. The third-order valence-corrected chi connectivity index (χ3v) is 4.30. The fraction of sp³-hybridized carbons (Fsp3) is 0.643. The van der Waals surface area contributed by atoms with Crippen molar-refractivity contribution >= 4 is 15.9 Å². The molecule has 1 fully saturated rings. The molecule has 4 heteroatoms. The van der Waals surface area contributed by atoms with Crippen LogP contribution in [0.2, 0.25) is 0 Å². The number of hydrogen-bond donors (Lipinski definition) is 0. The molecule has 0 radical (unpaired) electrons. The minimum Gasteiger partial charge on any atom is -0.303 e. The van der Waals surface area contributed by atoms with Crippen molar-refractivity contribution in [1.29, 1.82) is 0 Å². The van der Waals surface area contributed by atoms with Crippen LogP contribution >= 0.6 is 15.9 Å². The van der Waals surface area contributed by atoms with Gasteiger partial charge < -0.3 is 4.90 Å². The number of halogens is 1. The number of rotatable bonds is 4. The Bertz CT molecular complexity index is 358. The highest BCUT2D eigenvalue weighted by atomic mass is 79.9. The van der Waals surface area contributed by atoms with Crippen molar-refractivity contribution in [2.45, 2.75) is 32.4 Å². The summed E-state index contributed by atoms with van der Waals surface area (Å²) in [6.07, 6.45) is 4.44. The van der Waals surface area contributed by atoms with Gasteiger partial charge in [-0.3, -0.25) is 9.88 Å². The molecule has 0 amide bonds. The van der Waals surface area contributed by atoms with Crippen LogP contribution in [0.25, 0.3) is 0 Å². The largest absolute Gasteiger partial charge is 0.303 e. The van der Waals surface area contributed by atoms with E-state index >= 15 is 0 Å². The first-order chi connectivity index (χ1) is 8.69. The monoisotopic (exact) mass is 311 g/mol. The third kappa shape index (κ3) is 3.77. The number of hydrogen-bond acceptors (Lipinski definition) is 3. The summed E-state index contributed by atoms with van der Waals surface area (Å²) in [4.78, 5) is 9.42. The molecule has 0 aromatic carbocycles. The summed E-state index contributed by atoms with van der Waals surface area (Å²) in [6, 6.07) is 4.87. The zero-order chi connectivity index (χ0) is 13.0. The lowest BCUT2D eigenvalue weighted by atomic mass is 10.0. The standard InChI is InChI=1S/C14H22BrN3/c1-3-18-8-6-14(7-9-18)17(2)11-13-5-4-12(15)10-16-13/h4-5,10,14H,3,6-9,11H2,1-2H3. The van der Waals surface area contributed by atoms with Gasteiger partial charge in [-0.15, -0.1) is 0 Å². The number of pyridine rings is 1. The Morgan fingerprint density at radius 1 is 1.39 bits per heavy atom. The molecule has 0 bridgehead atoms. The van der Waals surface area contributed by atoms with Gasteiger partial charge in [0.25, 0.3) is 0 Å². The highest BCUT2D eigenvalue weighted by Gasteiger charge is 2.21. The Balaban J connectivity index is 1.85. The molecule has 1 saturated heterocycles. The summed E-state index contributed by atoms with van der Waals surface area (Å²) in [7, 11) is 2.22. The van der Waals surface area contributed by atoms with Gasteiger partial charge in [-0.25, -0.2) is 0 Å². The van der Waals surface area contributed by atoms with Gasteiger partial charge in [-0.05, 0) is 67.6 Å². The average Bonchev–Trinajstić information content (AvgIpc) is 2.41. The van der Waals surface area contributed by atoms with E-state index in [0.29, 0.717) is 6.04 Å². The first kappa shape index (κ1) is 14.0. The van der Waals surface area contributed by atoms with Crippen molar-refractivity contribution in [3.63, 3.8) is 0 Å². The molecule has 3 nitrogen and oxygen atoms in total. The third-order valence-electron chi connectivity index (χ3n) is 3.83. The second kappa shape index (κ2) is 6.64. The Hall–Kier alpha value is -0.450. The zero-order valence-electron chi connectivity index (χ0n) is 11.3. The van der Waals surface area contributed by atoms with Gasteiger partial charge >= 0.3 is 0 Å². The van der Waals surface area contributed by atoms with E-state index in [-0.39, 0.29) is 0 Å². The van der Waals surface area contributed by atoms with E-state index in [0.717, 1.165) is 16.7 Å². The van der Waals surface area contributed by atoms with Crippen LogP contribution in [-0.4, -0.2) is 47.5 Å². The van der Waals surface area contributed by atoms with Crippen molar-refractivity contribution in [3.8, 4) is 0 Å². The smallest absolute Gasteiger partial charge is 0.0544 e. The van der Waals surface area contributed by atoms with Crippen LogP contribution in [0.4, 0.5) is 0 Å². The van der Waals surface area contributed by atoms with E-state index < -0.39 is 0 Å². The summed E-state index contributed by atoms with van der Waals surface area (Å²) in [5.41, 5.74) is 1.15. The summed E-state index contributed by atoms with van der Waals surface area (Å²) < 4.78 is 1.05. The van der Waals surface area contributed by atoms with E-state index in [1.165, 1.54) is 32.5 Å². The van der Waals surface area contributed by atoms with Gasteiger partial charge in [-0.2, -0.15) is 0 Å². The quantitative estimate of drug-likeness (QED) is 0.852. The van der Waals surface area contributed by atoms with Crippen molar-refractivity contribution in [2.75, 3.05) is 26.7 Å². The van der Waals surface area contributed by atoms with E-state index in [4.69, 9.17) is 0 Å². The highest BCUT2D eigenvalue weighted by Crippen LogP contribution is 2.17. The first-order valence-electron chi connectivity index (χ1n) is 6.72. The van der Waals surface area contributed by atoms with E-state index in [1.54, 1.807) is 0 Å². The predicted octanol–water partition coefficient (Wildman–Crippen LogP) is 2.76. The van der Waals surface area contributed by atoms with Crippen LogP contribution in [0.15, 0.2) is 22.8 Å². The second-order valence-electron chi connectivity index (χ2n) is 5.05. The van der Waals surface area contributed by atoms with Crippen LogP contribution in [0.1, 0.15) is 25.5 Å². The fourth-order valence-electron chi connectivity index (χ4n) is 2.56. The Morgan fingerprint density at radius 2 is 2.11 bits per heavy atom. The Morgan fingerprint density at radius 3 is 2.67 bits per heavy atom. The lowest BCUT2D eigenvalue weighted by molar-refractivity contribution is 0.126. The lowest BCUT2D eigenvalue weighted by Crippen LogP contribution is -2.42. The molecule has 0 atom stereocenters. The van der Waals surface area contributed by atoms with Crippen molar-refractivity contribution in [2.24, 2.45) is 0 Å². The number of piperidine rings is 1. The minimum atomic E-state index is 0.707. The molecular formula is C14H22BrN3. The highest BCUT2D eigenvalue weighted by molar-refractivity contribution is 9.10. The molecular weight excluding hydrogens is 290 g/mol. The van der Waals surface area contributed by atoms with Crippen LogP contribution in [0.5, 0.6) is 0 Å². The molecule has 1 aromatic heterocycles. The molecule has 2 rings (SSSR count). The topological polar surface area (TPSA) is 19.4 Å². The molecule has 1 aliphatic heterocycles. The van der Waals surface area contributed by atoms with Crippen LogP contribution in [-0.2, 0) is 6.54 Å². The fourth-order valence-corrected chi connectivity index (χ4v) is 2.80. The molecule has 1 aliphatic rings. The SMILES string of the molecule is CCN1CCC(N(C)Cc2ccc(Br)cn2)CC1. The predicted molar refractivity (Wildman–Crippen MR) is 78.5 cm³/mol. The van der Waals surface area contributed by atoms with Gasteiger partial charge in [0.1, 0.15) is 0 Å². The Labute approximate surface area is 118 Å². The second-order valence-corrected chi connectivity index (χ2v) is 5.96. The van der Waals surface area contributed by atoms with Crippen LogP contribution < -0.4 is 0 Å². The van der Waals surface area contributed by atoms with E-state index in [2.05, 4.69) is 56.8 Å². The van der Waals surface area contributed by atoms with Gasteiger partial charge in [0, 0.05) is 23.3 Å². The van der Waals surface area contributed by atoms with Crippen molar-refractivity contribution < 1.29 is 0 Å². The van der Waals surface area contributed by atoms with Gasteiger partial charge in [-0.1, -0.05) is 6.92 Å². The summed E-state index contributed by atoms with van der Waals surface area (Å²) in [5, 5.41) is 0. The molecule has 0 saturated carbocycles. The number of aromatic nitrogens is 1. The molecule has 18 heavy (non-hydrogen) atoms. The minimum absolute atomic E-state index is 0.707. The molecule has 0 unspecified atom stereocenters. The van der Waals surface area contributed by atoms with E-state index in [9.17, 15) is 0 Å². The summed E-state index contributed by atoms with van der Waals surface area (Å²) >= 11 is 3.42. The maximum atomic E-state index is 4.45. The van der Waals surface area contributed by atoms with Gasteiger partial charge in [0.15, 0.2) is 0 Å². The summed E-state index contributed by atoms with van der Waals surface area (Å²) in [5.74, 6) is 0. The molecule has 100 valence electrons. The molecule has 0 aliphatic carbocycles. The molecule has 2 heterocycles. The van der Waals surface area contributed by atoms with Crippen LogP contribution in [0, 0.1) is 0 Å². The van der Waals surface area contributed by atoms with Gasteiger partial charge in [0.2, 0.25) is 0 Å². The normalized spacial score (nSPS) is 18.4. The van der Waals surface area contributed by atoms with Crippen molar-refractivity contribution in [3.05, 3.63) is 28.5 Å². The average molecular weight is 312 g/mol. The molecule has 0 N–H and O–H groups in total.